The first-order valence-corrected chi connectivity index (χ1v) is 10.1. The zero-order chi connectivity index (χ0) is 17.3. The molecule has 0 unspecified atom stereocenters. The van der Waals surface area contributed by atoms with Crippen LogP contribution >= 0.6 is 0 Å². The maximum Gasteiger partial charge on any atom is 0.269 e. The molecule has 1 aromatic heterocycles. The number of amides is 1. The third-order valence-electron chi connectivity index (χ3n) is 4.59. The minimum Gasteiger partial charge on any atom is -0.374 e. The van der Waals surface area contributed by atoms with Gasteiger partial charge in [-0.15, -0.1) is 0 Å². The maximum atomic E-state index is 12.6. The molecule has 0 saturated carbocycles. The molecule has 9 heteroatoms. The van der Waals surface area contributed by atoms with Gasteiger partial charge in [0, 0.05) is 32.2 Å². The van der Waals surface area contributed by atoms with Gasteiger partial charge in [-0.25, -0.2) is 8.42 Å². The van der Waals surface area contributed by atoms with Crippen molar-refractivity contribution in [3.63, 3.8) is 0 Å². The summed E-state index contributed by atoms with van der Waals surface area (Å²) < 4.78 is 31.9. The minimum absolute atomic E-state index is 0.173. The lowest BCUT2D eigenvalue weighted by Crippen LogP contribution is -2.49. The van der Waals surface area contributed by atoms with Gasteiger partial charge in [0.15, 0.2) is 0 Å². The van der Waals surface area contributed by atoms with Crippen LogP contribution in [0.5, 0.6) is 0 Å². The lowest BCUT2D eigenvalue weighted by molar-refractivity contribution is 0.000383. The number of hydrogen-bond acceptors (Lipinski definition) is 5. The zero-order valence-electron chi connectivity index (χ0n) is 14.1. The molecular weight excluding hydrogens is 332 g/mol. The topological polar surface area (TPSA) is 93.5 Å². The van der Waals surface area contributed by atoms with Gasteiger partial charge in [0.25, 0.3) is 5.91 Å². The molecule has 1 N–H and O–H groups in total. The van der Waals surface area contributed by atoms with Crippen molar-refractivity contribution in [3.05, 3.63) is 17.0 Å². The number of hydrogen-bond donors (Lipinski definition) is 1. The second-order valence-corrected chi connectivity index (χ2v) is 8.41. The second kappa shape index (κ2) is 6.81. The fraction of sp³-hybridized carbons (Fsp3) is 0.733. The minimum atomic E-state index is -3.23. The normalized spacial score (nSPS) is 22.2. The summed E-state index contributed by atoms with van der Waals surface area (Å²) in [5.74, 6) is -0.173. The average Bonchev–Trinajstić information content (AvgIpc) is 2.88. The SMILES string of the molecule is Cn1nc2c(c1C(=O)NC[C@H]1CN(S(C)(=O)=O)CCO1)CCCC2. The smallest absolute Gasteiger partial charge is 0.269 e. The van der Waals surface area contributed by atoms with Crippen molar-refractivity contribution in [1.29, 1.82) is 0 Å². The number of rotatable bonds is 4. The number of nitrogens with zero attached hydrogens (tertiary/aromatic N) is 3. The Hall–Kier alpha value is -1.45. The van der Waals surface area contributed by atoms with Crippen molar-refractivity contribution in [2.75, 3.05) is 32.5 Å². The number of nitrogens with one attached hydrogen (secondary N) is 1. The van der Waals surface area contributed by atoms with Gasteiger partial charge in [0.05, 0.1) is 24.7 Å². The number of morpholine rings is 1. The molecule has 0 radical (unpaired) electrons. The van der Waals surface area contributed by atoms with Gasteiger partial charge >= 0.3 is 0 Å². The van der Waals surface area contributed by atoms with Gasteiger partial charge in [0.1, 0.15) is 5.69 Å². The summed E-state index contributed by atoms with van der Waals surface area (Å²) in [6.07, 6.45) is 4.85. The third-order valence-corrected chi connectivity index (χ3v) is 5.86. The first-order chi connectivity index (χ1) is 11.4. The third kappa shape index (κ3) is 3.62. The van der Waals surface area contributed by atoms with E-state index in [1.54, 1.807) is 11.7 Å². The number of sulfonamides is 1. The summed E-state index contributed by atoms with van der Waals surface area (Å²) in [5.41, 5.74) is 2.68. The molecule has 1 aliphatic heterocycles. The van der Waals surface area contributed by atoms with Crippen molar-refractivity contribution >= 4 is 15.9 Å². The summed E-state index contributed by atoms with van der Waals surface area (Å²) in [7, 11) is -1.45. The predicted molar refractivity (Wildman–Crippen MR) is 88.3 cm³/mol. The van der Waals surface area contributed by atoms with Gasteiger partial charge in [-0.05, 0) is 25.7 Å². The molecule has 1 amide bonds. The summed E-state index contributed by atoms with van der Waals surface area (Å²) in [5, 5.41) is 7.32. The van der Waals surface area contributed by atoms with Gasteiger partial charge < -0.3 is 10.1 Å². The van der Waals surface area contributed by atoms with Crippen LogP contribution in [0.1, 0.15) is 34.6 Å². The van der Waals surface area contributed by atoms with Gasteiger partial charge in [-0.2, -0.15) is 9.40 Å². The van der Waals surface area contributed by atoms with E-state index in [1.807, 2.05) is 0 Å². The van der Waals surface area contributed by atoms with E-state index in [1.165, 1.54) is 10.6 Å². The lowest BCUT2D eigenvalue weighted by atomic mass is 9.95. The van der Waals surface area contributed by atoms with Crippen LogP contribution < -0.4 is 5.32 Å². The van der Waals surface area contributed by atoms with Crippen molar-refractivity contribution < 1.29 is 17.9 Å². The van der Waals surface area contributed by atoms with E-state index in [4.69, 9.17) is 4.74 Å². The van der Waals surface area contributed by atoms with E-state index in [2.05, 4.69) is 10.4 Å². The summed E-state index contributed by atoms with van der Waals surface area (Å²) in [4.78, 5) is 12.6. The number of ether oxygens (including phenoxy) is 1. The Morgan fingerprint density at radius 1 is 1.38 bits per heavy atom. The van der Waals surface area contributed by atoms with E-state index in [0.717, 1.165) is 36.9 Å². The molecule has 0 spiro atoms. The molecule has 1 saturated heterocycles. The highest BCUT2D eigenvalue weighted by molar-refractivity contribution is 7.88. The average molecular weight is 356 g/mol. The first kappa shape index (κ1) is 17.4. The van der Waals surface area contributed by atoms with Crippen molar-refractivity contribution in [1.82, 2.24) is 19.4 Å². The van der Waals surface area contributed by atoms with Crippen LogP contribution in [0.25, 0.3) is 0 Å². The maximum absolute atomic E-state index is 12.6. The molecule has 0 bridgehead atoms. The second-order valence-electron chi connectivity index (χ2n) is 6.43. The molecule has 1 atom stereocenters. The Balaban J connectivity index is 1.63. The molecule has 1 fully saturated rings. The van der Waals surface area contributed by atoms with Crippen LogP contribution in [-0.2, 0) is 34.6 Å². The summed E-state index contributed by atoms with van der Waals surface area (Å²) in [6, 6.07) is 0. The highest BCUT2D eigenvalue weighted by Gasteiger charge is 2.28. The highest BCUT2D eigenvalue weighted by Crippen LogP contribution is 2.23. The van der Waals surface area contributed by atoms with Crippen molar-refractivity contribution in [2.45, 2.75) is 31.8 Å². The van der Waals surface area contributed by atoms with Gasteiger partial charge in [-0.1, -0.05) is 0 Å². The molecule has 2 heterocycles. The first-order valence-electron chi connectivity index (χ1n) is 8.26. The van der Waals surface area contributed by atoms with Crippen molar-refractivity contribution in [3.8, 4) is 0 Å². The molecule has 8 nitrogen and oxygen atoms in total. The fourth-order valence-electron chi connectivity index (χ4n) is 3.37. The Bertz CT molecular complexity index is 728. The summed E-state index contributed by atoms with van der Waals surface area (Å²) in [6.45, 7) is 1.25. The standard InChI is InChI=1S/C15H24N4O4S/c1-18-14(12-5-3-4-6-13(12)17-18)15(20)16-9-11-10-19(7-8-23-11)24(2,21)22/h11H,3-10H2,1-2H3,(H,16,20)/t11-/m0/s1. The van der Waals surface area contributed by atoms with Gasteiger partial charge in [-0.3, -0.25) is 9.48 Å². The largest absolute Gasteiger partial charge is 0.374 e. The van der Waals surface area contributed by atoms with E-state index < -0.39 is 10.0 Å². The highest BCUT2D eigenvalue weighted by atomic mass is 32.2. The predicted octanol–water partition coefficient (Wildman–Crippen LogP) is -0.311. The Kier molecular flexibility index (Phi) is 4.93. The molecule has 1 aromatic rings. The molecule has 2 aliphatic rings. The number of carbonyl (C=O) groups is 1. The number of aromatic nitrogens is 2. The van der Waals surface area contributed by atoms with Crippen LogP contribution in [0.3, 0.4) is 0 Å². The van der Waals surface area contributed by atoms with Crippen molar-refractivity contribution in [2.24, 2.45) is 7.05 Å². The van der Waals surface area contributed by atoms with Crippen LogP contribution in [0.2, 0.25) is 0 Å². The quantitative estimate of drug-likeness (QED) is 0.799. The molecule has 24 heavy (non-hydrogen) atoms. The molecule has 0 aromatic carbocycles. The molecule has 3 rings (SSSR count). The fourth-order valence-corrected chi connectivity index (χ4v) is 4.22. The van der Waals surface area contributed by atoms with E-state index in [0.29, 0.717) is 18.8 Å². The summed E-state index contributed by atoms with van der Waals surface area (Å²) >= 11 is 0. The van der Waals surface area contributed by atoms with Crippen LogP contribution in [0.15, 0.2) is 0 Å². The Labute approximate surface area is 142 Å². The van der Waals surface area contributed by atoms with Crippen LogP contribution in [0.4, 0.5) is 0 Å². The molecule has 134 valence electrons. The molecular formula is C15H24N4O4S. The Morgan fingerprint density at radius 3 is 2.88 bits per heavy atom. The van der Waals surface area contributed by atoms with Crippen LogP contribution in [-0.4, -0.2) is 67.0 Å². The number of carbonyl (C=O) groups excluding carboxylic acids is 1. The molecule has 1 aliphatic carbocycles. The monoisotopic (exact) mass is 356 g/mol. The zero-order valence-corrected chi connectivity index (χ0v) is 14.9. The number of fused-ring (bicyclic) bond motifs is 1. The van der Waals surface area contributed by atoms with Gasteiger partial charge in [0.2, 0.25) is 10.0 Å². The van der Waals surface area contributed by atoms with E-state index in [-0.39, 0.29) is 25.1 Å². The number of aryl methyl sites for hydroxylation is 2. The Morgan fingerprint density at radius 2 is 2.12 bits per heavy atom. The van der Waals surface area contributed by atoms with Crippen LogP contribution in [0, 0.1) is 0 Å². The van der Waals surface area contributed by atoms with E-state index >= 15 is 0 Å². The lowest BCUT2D eigenvalue weighted by Gasteiger charge is -2.31. The van der Waals surface area contributed by atoms with E-state index in [9.17, 15) is 13.2 Å².